The lowest BCUT2D eigenvalue weighted by Gasteiger charge is -2.09. The molecule has 1 rings (SSSR count). The number of unbranched alkanes of at least 4 members (excludes halogenated alkanes) is 1. The van der Waals surface area contributed by atoms with Crippen molar-refractivity contribution in [1.29, 1.82) is 0 Å². The fraction of sp³-hybridized carbons (Fsp3) is 0.615. The molecule has 0 radical (unpaired) electrons. The number of hydrogen-bond acceptors (Lipinski definition) is 5. The highest BCUT2D eigenvalue weighted by molar-refractivity contribution is 5.73. The van der Waals surface area contributed by atoms with E-state index in [0.717, 1.165) is 49.8 Å². The Morgan fingerprint density at radius 3 is 2.47 bits per heavy atom. The largest absolute Gasteiger partial charge is 0.370 e. The molecular formula is C13H23N5O. The smallest absolute Gasteiger partial charge is 0.217 e. The zero-order valence-electron chi connectivity index (χ0n) is 11.7. The van der Waals surface area contributed by atoms with Crippen LogP contribution in [0.5, 0.6) is 0 Å². The number of nitrogens with zero attached hydrogens (tertiary/aromatic N) is 2. The van der Waals surface area contributed by atoms with E-state index < -0.39 is 0 Å². The van der Waals surface area contributed by atoms with Crippen LogP contribution in [-0.4, -0.2) is 29.0 Å². The molecule has 0 aliphatic heterocycles. The van der Waals surface area contributed by atoms with Gasteiger partial charge in [-0.15, -0.1) is 0 Å². The second kappa shape index (κ2) is 8.29. The van der Waals surface area contributed by atoms with Crippen LogP contribution in [0.1, 0.15) is 38.9 Å². The van der Waals surface area contributed by atoms with Crippen LogP contribution in [0, 0.1) is 0 Å². The third-order valence-electron chi connectivity index (χ3n) is 2.60. The Morgan fingerprint density at radius 2 is 1.89 bits per heavy atom. The minimum absolute atomic E-state index is 0.246. The van der Waals surface area contributed by atoms with Gasteiger partial charge >= 0.3 is 0 Å². The molecule has 0 saturated heterocycles. The van der Waals surface area contributed by atoms with Crippen LogP contribution in [0.4, 0.5) is 11.6 Å². The predicted molar refractivity (Wildman–Crippen MR) is 77.1 cm³/mol. The lowest BCUT2D eigenvalue weighted by molar-refractivity contribution is -0.118. The van der Waals surface area contributed by atoms with Gasteiger partial charge in [-0.05, 0) is 19.8 Å². The molecule has 4 N–H and O–H groups in total. The van der Waals surface area contributed by atoms with Gasteiger partial charge in [0, 0.05) is 32.0 Å². The van der Waals surface area contributed by atoms with Gasteiger partial charge in [0.2, 0.25) is 5.91 Å². The van der Waals surface area contributed by atoms with Gasteiger partial charge in [-0.2, -0.15) is 0 Å². The van der Waals surface area contributed by atoms with Crippen LogP contribution in [0.3, 0.4) is 0 Å². The SMILES string of the molecule is CCNc1cc(NCCCCC(N)=O)nc(CC)n1. The maximum absolute atomic E-state index is 10.6. The number of nitrogens with two attached hydrogens (primary N) is 1. The molecule has 1 heterocycles. The lowest BCUT2D eigenvalue weighted by Crippen LogP contribution is -2.12. The van der Waals surface area contributed by atoms with Crippen molar-refractivity contribution in [3.8, 4) is 0 Å². The van der Waals surface area contributed by atoms with Crippen molar-refractivity contribution in [3.05, 3.63) is 11.9 Å². The van der Waals surface area contributed by atoms with Crippen LogP contribution in [-0.2, 0) is 11.2 Å². The average Bonchev–Trinajstić information content (AvgIpc) is 2.38. The van der Waals surface area contributed by atoms with E-state index in [1.54, 1.807) is 0 Å². The van der Waals surface area contributed by atoms with E-state index in [0.29, 0.717) is 6.42 Å². The highest BCUT2D eigenvalue weighted by Gasteiger charge is 2.02. The van der Waals surface area contributed by atoms with E-state index in [2.05, 4.69) is 20.6 Å². The normalized spacial score (nSPS) is 10.2. The van der Waals surface area contributed by atoms with Gasteiger partial charge in [0.25, 0.3) is 0 Å². The predicted octanol–water partition coefficient (Wildman–Crippen LogP) is 1.54. The van der Waals surface area contributed by atoms with Gasteiger partial charge in [0.15, 0.2) is 0 Å². The summed E-state index contributed by atoms with van der Waals surface area (Å²) in [5.41, 5.74) is 5.09. The van der Waals surface area contributed by atoms with E-state index in [1.807, 2.05) is 19.9 Å². The fourth-order valence-electron chi connectivity index (χ4n) is 1.66. The number of aromatic nitrogens is 2. The van der Waals surface area contributed by atoms with Crippen molar-refractivity contribution in [3.63, 3.8) is 0 Å². The Morgan fingerprint density at radius 1 is 1.21 bits per heavy atom. The average molecular weight is 265 g/mol. The molecule has 0 fully saturated rings. The van der Waals surface area contributed by atoms with E-state index in [4.69, 9.17) is 5.73 Å². The summed E-state index contributed by atoms with van der Waals surface area (Å²) in [5, 5.41) is 6.44. The molecule has 0 spiro atoms. The first-order valence-corrected chi connectivity index (χ1v) is 6.79. The molecule has 0 saturated carbocycles. The summed E-state index contributed by atoms with van der Waals surface area (Å²) in [7, 11) is 0. The van der Waals surface area contributed by atoms with Gasteiger partial charge in [-0.3, -0.25) is 4.79 Å². The van der Waals surface area contributed by atoms with Crippen molar-refractivity contribution >= 4 is 17.5 Å². The monoisotopic (exact) mass is 265 g/mol. The van der Waals surface area contributed by atoms with Crippen LogP contribution in [0.15, 0.2) is 6.07 Å². The van der Waals surface area contributed by atoms with E-state index >= 15 is 0 Å². The Balaban J connectivity index is 2.47. The summed E-state index contributed by atoms with van der Waals surface area (Å²) in [5.74, 6) is 2.23. The van der Waals surface area contributed by atoms with Crippen molar-refractivity contribution in [2.45, 2.75) is 39.5 Å². The number of nitrogens with one attached hydrogen (secondary N) is 2. The molecule has 106 valence electrons. The molecule has 1 amide bonds. The molecule has 1 aromatic heterocycles. The van der Waals surface area contributed by atoms with Gasteiger partial charge in [-0.25, -0.2) is 9.97 Å². The van der Waals surface area contributed by atoms with Gasteiger partial charge in [-0.1, -0.05) is 6.92 Å². The summed E-state index contributed by atoms with van der Waals surface area (Å²) >= 11 is 0. The number of primary amides is 1. The number of amides is 1. The minimum Gasteiger partial charge on any atom is -0.370 e. The summed E-state index contributed by atoms with van der Waals surface area (Å²) in [6.07, 6.45) is 2.93. The number of rotatable bonds is 9. The fourth-order valence-corrected chi connectivity index (χ4v) is 1.66. The third-order valence-corrected chi connectivity index (χ3v) is 2.60. The van der Waals surface area contributed by atoms with E-state index in [-0.39, 0.29) is 5.91 Å². The number of carbonyl (C=O) groups excluding carboxylic acids is 1. The molecule has 19 heavy (non-hydrogen) atoms. The Labute approximate surface area is 114 Å². The maximum atomic E-state index is 10.6. The number of carbonyl (C=O) groups is 1. The molecule has 6 heteroatoms. The first-order chi connectivity index (χ1) is 9.15. The molecule has 0 aliphatic carbocycles. The molecule has 0 bridgehead atoms. The number of hydrogen-bond donors (Lipinski definition) is 3. The quantitative estimate of drug-likeness (QED) is 0.589. The highest BCUT2D eigenvalue weighted by Crippen LogP contribution is 2.12. The maximum Gasteiger partial charge on any atom is 0.217 e. The molecule has 0 aliphatic rings. The molecular weight excluding hydrogens is 242 g/mol. The minimum atomic E-state index is -0.246. The van der Waals surface area contributed by atoms with Crippen molar-refractivity contribution < 1.29 is 4.79 Å². The number of aryl methyl sites for hydroxylation is 1. The van der Waals surface area contributed by atoms with Crippen molar-refractivity contribution in [2.24, 2.45) is 5.73 Å². The highest BCUT2D eigenvalue weighted by atomic mass is 16.1. The van der Waals surface area contributed by atoms with Crippen LogP contribution in [0.25, 0.3) is 0 Å². The molecule has 1 aromatic rings. The second-order valence-electron chi connectivity index (χ2n) is 4.29. The third kappa shape index (κ3) is 6.03. The van der Waals surface area contributed by atoms with Gasteiger partial charge in [0.05, 0.1) is 0 Å². The van der Waals surface area contributed by atoms with Crippen LogP contribution >= 0.6 is 0 Å². The summed E-state index contributed by atoms with van der Waals surface area (Å²) in [4.78, 5) is 19.4. The summed E-state index contributed by atoms with van der Waals surface area (Å²) < 4.78 is 0. The Kier molecular flexibility index (Phi) is 6.63. The van der Waals surface area contributed by atoms with E-state index in [9.17, 15) is 4.79 Å². The standard InChI is InChI=1S/C13H23N5O/c1-3-11-17-12(15-4-2)9-13(18-11)16-8-6-5-7-10(14)19/h9H,3-8H2,1-2H3,(H2,14,19)(H2,15,16,17,18). The molecule has 0 unspecified atom stereocenters. The lowest BCUT2D eigenvalue weighted by atomic mass is 10.2. The zero-order chi connectivity index (χ0) is 14.1. The molecule has 6 nitrogen and oxygen atoms in total. The van der Waals surface area contributed by atoms with Crippen LogP contribution in [0.2, 0.25) is 0 Å². The molecule has 0 atom stereocenters. The Bertz CT molecular complexity index is 408. The zero-order valence-corrected chi connectivity index (χ0v) is 11.7. The molecule has 0 aromatic carbocycles. The van der Waals surface area contributed by atoms with Gasteiger partial charge < -0.3 is 16.4 Å². The van der Waals surface area contributed by atoms with Crippen molar-refractivity contribution in [2.75, 3.05) is 23.7 Å². The first-order valence-electron chi connectivity index (χ1n) is 6.79. The van der Waals surface area contributed by atoms with Crippen LogP contribution < -0.4 is 16.4 Å². The van der Waals surface area contributed by atoms with E-state index in [1.165, 1.54) is 0 Å². The summed E-state index contributed by atoms with van der Waals surface area (Å²) in [6, 6.07) is 1.90. The summed E-state index contributed by atoms with van der Waals surface area (Å²) in [6.45, 7) is 5.67. The Hall–Kier alpha value is -1.85. The second-order valence-corrected chi connectivity index (χ2v) is 4.29. The van der Waals surface area contributed by atoms with Gasteiger partial charge in [0.1, 0.15) is 17.5 Å². The topological polar surface area (TPSA) is 92.9 Å². The first kappa shape index (κ1) is 15.2. The number of anilines is 2. The van der Waals surface area contributed by atoms with Crippen molar-refractivity contribution in [1.82, 2.24) is 9.97 Å².